The minimum absolute atomic E-state index is 0.158. The molecule has 1 N–H and O–H groups in total. The van der Waals surface area contributed by atoms with E-state index in [1.165, 1.54) is 37.2 Å². The molecule has 2 aromatic rings. The standard InChI is InChI=1S/C24H31Cl2FN4O4S/c1-6-21(24(33)28-16(2)3)30(14-17-18(25)10-9-11-19(17)26)23(32)15-31(36(34,35)29(4)5)22-13-8-7-12-20(22)27/h7-13,16,21H,6,14-15H2,1-5H3,(H,28,33). The lowest BCUT2D eigenvalue weighted by Crippen LogP contribution is -2.54. The first-order valence-corrected chi connectivity index (χ1v) is 13.4. The number of hydrogen-bond donors (Lipinski definition) is 1. The van der Waals surface area contributed by atoms with Gasteiger partial charge in [0.2, 0.25) is 11.8 Å². The number of rotatable bonds is 11. The van der Waals surface area contributed by atoms with Gasteiger partial charge >= 0.3 is 10.2 Å². The second-order valence-corrected chi connectivity index (χ2v) is 11.4. The van der Waals surface area contributed by atoms with Crippen molar-refractivity contribution in [2.24, 2.45) is 0 Å². The Labute approximate surface area is 222 Å². The zero-order valence-corrected chi connectivity index (χ0v) is 23.2. The second kappa shape index (κ2) is 12.7. The molecule has 1 atom stereocenters. The smallest absolute Gasteiger partial charge is 0.304 e. The summed E-state index contributed by atoms with van der Waals surface area (Å²) in [5.74, 6) is -1.97. The van der Waals surface area contributed by atoms with E-state index < -0.39 is 40.4 Å². The lowest BCUT2D eigenvalue weighted by Gasteiger charge is -2.34. The van der Waals surface area contributed by atoms with Crippen molar-refractivity contribution in [3.8, 4) is 0 Å². The van der Waals surface area contributed by atoms with Crippen LogP contribution < -0.4 is 9.62 Å². The molecule has 0 heterocycles. The first kappa shape index (κ1) is 29.8. The van der Waals surface area contributed by atoms with E-state index in [-0.39, 0.29) is 34.7 Å². The number of carbonyl (C=O) groups is 2. The highest BCUT2D eigenvalue weighted by atomic mass is 35.5. The number of hydrogen-bond acceptors (Lipinski definition) is 4. The second-order valence-electron chi connectivity index (χ2n) is 8.56. The van der Waals surface area contributed by atoms with E-state index in [4.69, 9.17) is 23.2 Å². The zero-order chi connectivity index (χ0) is 27.2. The van der Waals surface area contributed by atoms with E-state index in [1.807, 2.05) is 0 Å². The Morgan fingerprint density at radius 1 is 1.03 bits per heavy atom. The fraction of sp³-hybridized carbons (Fsp3) is 0.417. The quantitative estimate of drug-likeness (QED) is 0.448. The highest BCUT2D eigenvalue weighted by Gasteiger charge is 2.35. The third-order valence-electron chi connectivity index (χ3n) is 5.35. The number of amides is 2. The molecule has 2 rings (SSSR count). The lowest BCUT2D eigenvalue weighted by molar-refractivity contribution is -0.140. The van der Waals surface area contributed by atoms with E-state index in [9.17, 15) is 22.4 Å². The van der Waals surface area contributed by atoms with Crippen molar-refractivity contribution in [1.82, 2.24) is 14.5 Å². The third kappa shape index (κ3) is 7.09. The van der Waals surface area contributed by atoms with Crippen molar-refractivity contribution < 1.29 is 22.4 Å². The molecule has 0 fully saturated rings. The summed E-state index contributed by atoms with van der Waals surface area (Å²) in [6.45, 7) is 4.38. The molecule has 198 valence electrons. The molecule has 0 aliphatic rings. The van der Waals surface area contributed by atoms with E-state index in [0.29, 0.717) is 9.87 Å². The third-order valence-corrected chi connectivity index (χ3v) is 7.86. The molecule has 0 spiro atoms. The van der Waals surface area contributed by atoms with Crippen LogP contribution in [0, 0.1) is 5.82 Å². The number of carbonyl (C=O) groups excluding carboxylic acids is 2. The Morgan fingerprint density at radius 3 is 2.11 bits per heavy atom. The van der Waals surface area contributed by atoms with E-state index in [1.54, 1.807) is 39.0 Å². The van der Waals surface area contributed by atoms with Gasteiger partial charge in [-0.1, -0.05) is 48.3 Å². The van der Waals surface area contributed by atoms with Crippen molar-refractivity contribution in [3.05, 3.63) is 63.9 Å². The lowest BCUT2D eigenvalue weighted by atomic mass is 10.1. The van der Waals surface area contributed by atoms with Crippen molar-refractivity contribution >= 4 is 50.9 Å². The minimum Gasteiger partial charge on any atom is -0.352 e. The fourth-order valence-electron chi connectivity index (χ4n) is 3.51. The molecule has 36 heavy (non-hydrogen) atoms. The number of nitrogens with zero attached hydrogens (tertiary/aromatic N) is 3. The molecule has 0 aromatic heterocycles. The van der Waals surface area contributed by atoms with Crippen molar-refractivity contribution in [1.29, 1.82) is 0 Å². The Bertz CT molecular complexity index is 1170. The number of anilines is 1. The average Bonchev–Trinajstić information content (AvgIpc) is 2.79. The van der Waals surface area contributed by atoms with E-state index >= 15 is 0 Å². The largest absolute Gasteiger partial charge is 0.352 e. The first-order chi connectivity index (χ1) is 16.8. The van der Waals surface area contributed by atoms with Crippen LogP contribution in [0.2, 0.25) is 10.0 Å². The zero-order valence-electron chi connectivity index (χ0n) is 20.8. The Balaban J connectivity index is 2.58. The number of benzene rings is 2. The van der Waals surface area contributed by atoms with E-state index in [2.05, 4.69) is 5.32 Å². The van der Waals surface area contributed by atoms with E-state index in [0.717, 1.165) is 10.4 Å². The summed E-state index contributed by atoms with van der Waals surface area (Å²) in [6, 6.07) is 8.93. The summed E-state index contributed by atoms with van der Waals surface area (Å²) >= 11 is 12.7. The molecule has 2 amide bonds. The summed E-state index contributed by atoms with van der Waals surface area (Å²) in [5.41, 5.74) is 0.104. The van der Waals surface area contributed by atoms with Gasteiger partial charge in [-0.15, -0.1) is 0 Å². The van der Waals surface area contributed by atoms with Crippen molar-refractivity contribution in [2.75, 3.05) is 24.9 Å². The fourth-order valence-corrected chi connectivity index (χ4v) is 5.09. The molecule has 8 nitrogen and oxygen atoms in total. The average molecular weight is 562 g/mol. The van der Waals surface area contributed by atoms with Gasteiger partial charge in [0.25, 0.3) is 0 Å². The van der Waals surface area contributed by atoms with Gasteiger partial charge in [0.05, 0.1) is 5.69 Å². The number of nitrogens with one attached hydrogen (secondary N) is 1. The van der Waals surface area contributed by atoms with Crippen LogP contribution in [-0.4, -0.2) is 62.2 Å². The Morgan fingerprint density at radius 2 is 1.61 bits per heavy atom. The number of para-hydroxylation sites is 1. The first-order valence-electron chi connectivity index (χ1n) is 11.3. The predicted molar refractivity (Wildman–Crippen MR) is 141 cm³/mol. The van der Waals surface area contributed by atoms with Crippen LogP contribution in [-0.2, 0) is 26.3 Å². The molecule has 0 saturated heterocycles. The predicted octanol–water partition coefficient (Wildman–Crippen LogP) is 4.08. The topological polar surface area (TPSA) is 90.0 Å². The molecule has 0 aliphatic carbocycles. The van der Waals surface area contributed by atoms with Gasteiger partial charge in [-0.3, -0.25) is 9.59 Å². The molecule has 0 radical (unpaired) electrons. The highest BCUT2D eigenvalue weighted by Crippen LogP contribution is 2.28. The van der Waals surface area contributed by atoms with Gasteiger partial charge < -0.3 is 10.2 Å². The molecule has 0 saturated carbocycles. The Hall–Kier alpha value is -2.40. The summed E-state index contributed by atoms with van der Waals surface area (Å²) in [4.78, 5) is 28.0. The molecular weight excluding hydrogens is 530 g/mol. The van der Waals surface area contributed by atoms with Crippen LogP contribution in [0.5, 0.6) is 0 Å². The molecule has 1 unspecified atom stereocenters. The minimum atomic E-state index is -4.28. The maximum Gasteiger partial charge on any atom is 0.304 e. The molecule has 0 bridgehead atoms. The van der Waals surface area contributed by atoms with Crippen LogP contribution in [0.1, 0.15) is 32.8 Å². The maximum atomic E-state index is 14.7. The summed E-state index contributed by atoms with van der Waals surface area (Å²) in [6.07, 6.45) is 0.229. The van der Waals surface area contributed by atoms with Crippen LogP contribution in [0.25, 0.3) is 0 Å². The molecular formula is C24H31Cl2FN4O4S. The summed E-state index contributed by atoms with van der Waals surface area (Å²) < 4.78 is 42.5. The van der Waals surface area contributed by atoms with Crippen LogP contribution in [0.3, 0.4) is 0 Å². The molecule has 2 aromatic carbocycles. The van der Waals surface area contributed by atoms with Crippen LogP contribution >= 0.6 is 23.2 Å². The summed E-state index contributed by atoms with van der Waals surface area (Å²) in [7, 11) is -1.72. The Kier molecular flexibility index (Phi) is 10.5. The normalized spacial score (nSPS) is 12.5. The molecule has 0 aliphatic heterocycles. The van der Waals surface area contributed by atoms with Gasteiger partial charge in [0, 0.05) is 42.3 Å². The van der Waals surface area contributed by atoms with Crippen molar-refractivity contribution in [2.45, 2.75) is 45.8 Å². The van der Waals surface area contributed by atoms with Crippen molar-refractivity contribution in [3.63, 3.8) is 0 Å². The summed E-state index contributed by atoms with van der Waals surface area (Å²) in [5, 5.41) is 3.36. The van der Waals surface area contributed by atoms with Gasteiger partial charge in [-0.05, 0) is 44.5 Å². The highest BCUT2D eigenvalue weighted by molar-refractivity contribution is 7.90. The molecule has 12 heteroatoms. The van der Waals surface area contributed by atoms with Gasteiger partial charge in [0.15, 0.2) is 0 Å². The van der Waals surface area contributed by atoms with Gasteiger partial charge in [-0.2, -0.15) is 12.7 Å². The van der Waals surface area contributed by atoms with Crippen LogP contribution in [0.15, 0.2) is 42.5 Å². The maximum absolute atomic E-state index is 14.7. The van der Waals surface area contributed by atoms with Gasteiger partial charge in [0.1, 0.15) is 18.4 Å². The SMILES string of the molecule is CCC(C(=O)NC(C)C)N(Cc1c(Cl)cccc1Cl)C(=O)CN(c1ccccc1F)S(=O)(=O)N(C)C. The number of halogens is 3. The van der Waals surface area contributed by atoms with Gasteiger partial charge in [-0.25, -0.2) is 8.70 Å². The van der Waals surface area contributed by atoms with Crippen LogP contribution in [0.4, 0.5) is 10.1 Å². The monoisotopic (exact) mass is 560 g/mol.